The molecule has 5 rings (SSSR count). The molecule has 38 heavy (non-hydrogen) atoms. The number of ether oxygens (including phenoxy) is 2. The van der Waals surface area contributed by atoms with Gasteiger partial charge in [0, 0.05) is 6.42 Å². The van der Waals surface area contributed by atoms with E-state index in [2.05, 4.69) is 26.8 Å². The number of para-hydroxylation sites is 1. The van der Waals surface area contributed by atoms with Crippen molar-refractivity contribution in [1.82, 2.24) is 0 Å². The Morgan fingerprint density at radius 1 is 0.947 bits per heavy atom. The van der Waals surface area contributed by atoms with Crippen molar-refractivity contribution in [3.8, 4) is 5.75 Å². The van der Waals surface area contributed by atoms with Crippen molar-refractivity contribution >= 4 is 6.16 Å². The number of benzene rings is 1. The van der Waals surface area contributed by atoms with E-state index in [1.54, 1.807) is 5.57 Å². The third-order valence-electron chi connectivity index (χ3n) is 11.7. The van der Waals surface area contributed by atoms with Gasteiger partial charge in [-0.3, -0.25) is 0 Å². The van der Waals surface area contributed by atoms with E-state index in [0.29, 0.717) is 11.2 Å². The van der Waals surface area contributed by atoms with Gasteiger partial charge in [-0.25, -0.2) is 4.79 Å². The molecule has 0 radical (unpaired) electrons. The van der Waals surface area contributed by atoms with Gasteiger partial charge < -0.3 is 9.47 Å². The van der Waals surface area contributed by atoms with Crippen LogP contribution >= 0.6 is 0 Å². The van der Waals surface area contributed by atoms with Gasteiger partial charge in [-0.1, -0.05) is 89.1 Å². The Hall–Kier alpha value is -1.77. The summed E-state index contributed by atoms with van der Waals surface area (Å²) in [5.41, 5.74) is 3.35. The summed E-state index contributed by atoms with van der Waals surface area (Å²) in [7, 11) is 0. The van der Waals surface area contributed by atoms with Gasteiger partial charge in [-0.15, -0.1) is 0 Å². The number of rotatable bonds is 9. The standard InChI is InChI=1S/C35H52O3/c1-5-6-7-8-9-10-14-26-17-19-30-29-18-16-27-24-28(37-33(36)38-32-15-12-11-13-25(32)2)20-22-35(27,4)31(29)21-23-34(26,30)3/h11-13,15-16,26,28-31H,5-10,14,17-24H2,1-4H3. The molecule has 4 aliphatic rings. The summed E-state index contributed by atoms with van der Waals surface area (Å²) in [4.78, 5) is 12.6. The van der Waals surface area contributed by atoms with Crippen LogP contribution in [0.1, 0.15) is 123 Å². The first-order valence-corrected chi connectivity index (χ1v) is 16.0. The first-order valence-electron chi connectivity index (χ1n) is 16.0. The number of aryl methyl sites for hydroxylation is 1. The van der Waals surface area contributed by atoms with Gasteiger partial charge in [0.2, 0.25) is 0 Å². The Kier molecular flexibility index (Phi) is 8.60. The molecule has 3 fully saturated rings. The summed E-state index contributed by atoms with van der Waals surface area (Å²) in [6.07, 6.45) is 21.8. The van der Waals surface area contributed by atoms with E-state index < -0.39 is 6.16 Å². The molecule has 7 atom stereocenters. The number of hydrogen-bond donors (Lipinski definition) is 0. The Balaban J connectivity index is 1.18. The Morgan fingerprint density at radius 3 is 2.55 bits per heavy atom. The van der Waals surface area contributed by atoms with Crippen LogP contribution in [0.3, 0.4) is 0 Å². The number of carbonyl (C=O) groups excluding carboxylic acids is 1. The van der Waals surface area contributed by atoms with Crippen molar-refractivity contribution in [2.24, 2.45) is 34.5 Å². The van der Waals surface area contributed by atoms with Crippen LogP contribution in [-0.2, 0) is 4.74 Å². The second-order valence-corrected chi connectivity index (χ2v) is 13.7. The fraction of sp³-hybridized carbons (Fsp3) is 0.743. The molecule has 0 saturated heterocycles. The quantitative estimate of drug-likeness (QED) is 0.141. The van der Waals surface area contributed by atoms with Crippen LogP contribution in [0, 0.1) is 41.4 Å². The zero-order chi connectivity index (χ0) is 26.8. The summed E-state index contributed by atoms with van der Waals surface area (Å²) in [5.74, 6) is 4.09. The summed E-state index contributed by atoms with van der Waals surface area (Å²) in [6, 6.07) is 7.62. The number of hydrogen-bond acceptors (Lipinski definition) is 3. The molecule has 3 saturated carbocycles. The normalized spacial score (nSPS) is 36.0. The van der Waals surface area contributed by atoms with Gasteiger partial charge >= 0.3 is 6.16 Å². The third kappa shape index (κ3) is 5.46. The lowest BCUT2D eigenvalue weighted by atomic mass is 9.47. The number of allylic oxidation sites excluding steroid dienone is 1. The van der Waals surface area contributed by atoms with Crippen molar-refractivity contribution in [3.63, 3.8) is 0 Å². The lowest BCUT2D eigenvalue weighted by Gasteiger charge is -2.58. The van der Waals surface area contributed by atoms with Crippen LogP contribution in [0.5, 0.6) is 5.75 Å². The van der Waals surface area contributed by atoms with Crippen LogP contribution in [0.25, 0.3) is 0 Å². The second-order valence-electron chi connectivity index (χ2n) is 13.7. The lowest BCUT2D eigenvalue weighted by molar-refractivity contribution is -0.0538. The highest BCUT2D eigenvalue weighted by atomic mass is 16.7. The highest BCUT2D eigenvalue weighted by Gasteiger charge is 2.58. The molecule has 0 amide bonds. The van der Waals surface area contributed by atoms with Crippen molar-refractivity contribution in [1.29, 1.82) is 0 Å². The molecule has 210 valence electrons. The van der Waals surface area contributed by atoms with E-state index in [0.717, 1.165) is 48.5 Å². The lowest BCUT2D eigenvalue weighted by Crippen LogP contribution is -2.50. The SMILES string of the molecule is CCCCCCCCC1CCC2C3CC=C4CC(OC(=O)Oc5ccccc5C)CCC4(C)C3CCC12C. The first-order chi connectivity index (χ1) is 18.3. The fourth-order valence-electron chi connectivity index (χ4n) is 9.40. The molecule has 0 N–H and O–H groups in total. The maximum Gasteiger partial charge on any atom is 0.514 e. The molecular formula is C35H52O3. The smallest absolute Gasteiger partial charge is 0.430 e. The summed E-state index contributed by atoms with van der Waals surface area (Å²) in [6.45, 7) is 9.48. The molecule has 0 aliphatic heterocycles. The maximum atomic E-state index is 12.6. The fourth-order valence-corrected chi connectivity index (χ4v) is 9.40. The van der Waals surface area contributed by atoms with Crippen LogP contribution in [0.2, 0.25) is 0 Å². The molecule has 4 aliphatic carbocycles. The number of fused-ring (bicyclic) bond motifs is 5. The van der Waals surface area contributed by atoms with Crippen molar-refractivity contribution in [2.75, 3.05) is 0 Å². The third-order valence-corrected chi connectivity index (χ3v) is 11.7. The van der Waals surface area contributed by atoms with E-state index in [9.17, 15) is 4.79 Å². The van der Waals surface area contributed by atoms with Crippen molar-refractivity contribution in [3.05, 3.63) is 41.5 Å². The van der Waals surface area contributed by atoms with Crippen LogP contribution in [0.4, 0.5) is 4.79 Å². The predicted molar refractivity (Wildman–Crippen MR) is 155 cm³/mol. The van der Waals surface area contributed by atoms with E-state index in [1.807, 2.05) is 31.2 Å². The highest BCUT2D eigenvalue weighted by Crippen LogP contribution is 2.66. The molecule has 1 aromatic rings. The van der Waals surface area contributed by atoms with E-state index in [1.165, 1.54) is 77.0 Å². The Bertz CT molecular complexity index is 997. The molecule has 7 unspecified atom stereocenters. The molecule has 0 heterocycles. The van der Waals surface area contributed by atoms with Gasteiger partial charge in [0.05, 0.1) is 0 Å². The minimum Gasteiger partial charge on any atom is -0.430 e. The Morgan fingerprint density at radius 2 is 1.74 bits per heavy atom. The van der Waals surface area contributed by atoms with Crippen molar-refractivity contribution in [2.45, 2.75) is 130 Å². The summed E-state index contributed by atoms with van der Waals surface area (Å²) >= 11 is 0. The monoisotopic (exact) mass is 520 g/mol. The minimum absolute atomic E-state index is 0.0653. The van der Waals surface area contributed by atoms with E-state index >= 15 is 0 Å². The van der Waals surface area contributed by atoms with E-state index in [-0.39, 0.29) is 11.5 Å². The molecule has 1 aromatic carbocycles. The van der Waals surface area contributed by atoms with Gasteiger partial charge in [0.25, 0.3) is 0 Å². The summed E-state index contributed by atoms with van der Waals surface area (Å²) in [5, 5.41) is 0. The zero-order valence-corrected chi connectivity index (χ0v) is 24.6. The van der Waals surface area contributed by atoms with Crippen molar-refractivity contribution < 1.29 is 14.3 Å². The predicted octanol–water partition coefficient (Wildman–Crippen LogP) is 10.2. The largest absolute Gasteiger partial charge is 0.514 e. The molecule has 3 nitrogen and oxygen atoms in total. The second kappa shape index (κ2) is 11.8. The molecule has 0 spiro atoms. The number of carbonyl (C=O) groups is 1. The molecule has 3 heteroatoms. The van der Waals surface area contributed by atoms with Gasteiger partial charge in [0.15, 0.2) is 0 Å². The van der Waals surface area contributed by atoms with E-state index in [4.69, 9.17) is 9.47 Å². The van der Waals surface area contributed by atoms with Gasteiger partial charge in [0.1, 0.15) is 11.9 Å². The average Bonchev–Trinajstić information content (AvgIpc) is 3.24. The average molecular weight is 521 g/mol. The van der Waals surface area contributed by atoms with Crippen LogP contribution < -0.4 is 4.74 Å². The molecular weight excluding hydrogens is 468 g/mol. The number of unbranched alkanes of at least 4 members (excludes halogenated alkanes) is 5. The maximum absolute atomic E-state index is 12.6. The Labute approximate surface area is 232 Å². The highest BCUT2D eigenvalue weighted by molar-refractivity contribution is 5.64. The topological polar surface area (TPSA) is 35.5 Å². The zero-order valence-electron chi connectivity index (χ0n) is 24.6. The molecule has 0 aromatic heterocycles. The molecule has 0 bridgehead atoms. The minimum atomic E-state index is -0.557. The first kappa shape index (κ1) is 27.8. The summed E-state index contributed by atoms with van der Waals surface area (Å²) < 4.78 is 11.4. The van der Waals surface area contributed by atoms with Crippen LogP contribution in [0.15, 0.2) is 35.9 Å². The van der Waals surface area contributed by atoms with Crippen LogP contribution in [-0.4, -0.2) is 12.3 Å². The van der Waals surface area contributed by atoms with Gasteiger partial charge in [-0.05, 0) is 104 Å². The van der Waals surface area contributed by atoms with Gasteiger partial charge in [-0.2, -0.15) is 0 Å².